The number of anilines is 1. The molecule has 3 aromatic carbocycles. The van der Waals surface area contributed by atoms with Gasteiger partial charge in [0.1, 0.15) is 12.6 Å². The van der Waals surface area contributed by atoms with E-state index in [1.807, 2.05) is 30.3 Å². The van der Waals surface area contributed by atoms with Gasteiger partial charge in [0.25, 0.3) is 10.0 Å². The van der Waals surface area contributed by atoms with Crippen LogP contribution in [0.5, 0.6) is 11.5 Å². The van der Waals surface area contributed by atoms with E-state index in [2.05, 4.69) is 5.32 Å². The zero-order valence-corrected chi connectivity index (χ0v) is 25.2. The van der Waals surface area contributed by atoms with Crippen LogP contribution in [0.25, 0.3) is 0 Å². The Balaban J connectivity index is 1.68. The zero-order valence-electron chi connectivity index (χ0n) is 24.4. The van der Waals surface area contributed by atoms with Crippen LogP contribution < -0.4 is 19.1 Å². The maximum atomic E-state index is 14.1. The number of ether oxygens (including phenoxy) is 2. The molecule has 0 aliphatic heterocycles. The largest absolute Gasteiger partial charge is 0.493 e. The van der Waals surface area contributed by atoms with E-state index in [0.717, 1.165) is 35.6 Å². The predicted molar refractivity (Wildman–Crippen MR) is 162 cm³/mol. The fraction of sp³-hybridized carbons (Fsp3) is 0.375. The summed E-state index contributed by atoms with van der Waals surface area (Å²) in [4.78, 5) is 28.9. The van der Waals surface area contributed by atoms with E-state index in [1.54, 1.807) is 37.3 Å². The Morgan fingerprint density at radius 1 is 0.905 bits per heavy atom. The van der Waals surface area contributed by atoms with E-state index >= 15 is 0 Å². The van der Waals surface area contributed by atoms with Crippen molar-refractivity contribution in [2.75, 3.05) is 31.6 Å². The van der Waals surface area contributed by atoms with Gasteiger partial charge in [0, 0.05) is 18.7 Å². The van der Waals surface area contributed by atoms with E-state index in [1.165, 1.54) is 37.3 Å². The highest BCUT2D eigenvalue weighted by molar-refractivity contribution is 7.92. The average molecular weight is 594 g/mol. The topological polar surface area (TPSA) is 105 Å². The monoisotopic (exact) mass is 593 g/mol. The molecule has 0 spiro atoms. The summed E-state index contributed by atoms with van der Waals surface area (Å²) in [6.45, 7) is 1.43. The number of hydrogen-bond acceptors (Lipinski definition) is 6. The quantitative estimate of drug-likeness (QED) is 0.315. The van der Waals surface area contributed by atoms with Crippen molar-refractivity contribution < 1.29 is 27.5 Å². The van der Waals surface area contributed by atoms with Crippen molar-refractivity contribution in [3.05, 3.63) is 84.4 Å². The van der Waals surface area contributed by atoms with Crippen LogP contribution in [-0.2, 0) is 26.0 Å². The van der Waals surface area contributed by atoms with E-state index in [-0.39, 0.29) is 29.1 Å². The molecule has 0 radical (unpaired) electrons. The summed E-state index contributed by atoms with van der Waals surface area (Å²) in [5, 5.41) is 3.09. The van der Waals surface area contributed by atoms with Crippen LogP contribution in [0.3, 0.4) is 0 Å². The third-order valence-electron chi connectivity index (χ3n) is 7.62. The molecule has 0 bridgehead atoms. The third kappa shape index (κ3) is 7.42. The Morgan fingerprint density at radius 3 is 2.14 bits per heavy atom. The lowest BCUT2D eigenvalue weighted by Crippen LogP contribution is -2.53. The zero-order chi connectivity index (χ0) is 30.1. The van der Waals surface area contributed by atoms with Crippen LogP contribution in [0, 0.1) is 0 Å². The highest BCUT2D eigenvalue weighted by Gasteiger charge is 2.33. The van der Waals surface area contributed by atoms with Gasteiger partial charge in [-0.2, -0.15) is 0 Å². The first-order chi connectivity index (χ1) is 20.2. The van der Waals surface area contributed by atoms with Crippen LogP contribution in [0.15, 0.2) is 83.8 Å². The number of benzene rings is 3. The van der Waals surface area contributed by atoms with Crippen LogP contribution in [0.4, 0.5) is 5.69 Å². The van der Waals surface area contributed by atoms with Crippen molar-refractivity contribution >= 4 is 27.5 Å². The molecule has 4 rings (SSSR count). The summed E-state index contributed by atoms with van der Waals surface area (Å²) in [7, 11) is -1.22. The Bertz CT molecular complexity index is 1440. The molecule has 42 heavy (non-hydrogen) atoms. The molecule has 3 aromatic rings. The van der Waals surface area contributed by atoms with Gasteiger partial charge in [-0.1, -0.05) is 61.4 Å². The van der Waals surface area contributed by atoms with Crippen molar-refractivity contribution in [3.8, 4) is 11.5 Å². The van der Waals surface area contributed by atoms with Gasteiger partial charge in [-0.05, 0) is 56.0 Å². The molecule has 1 atom stereocenters. The number of methoxy groups -OCH3 is 2. The van der Waals surface area contributed by atoms with Gasteiger partial charge in [0.05, 0.1) is 24.8 Å². The van der Waals surface area contributed by atoms with E-state index in [9.17, 15) is 18.0 Å². The van der Waals surface area contributed by atoms with Crippen molar-refractivity contribution in [1.82, 2.24) is 10.2 Å². The van der Waals surface area contributed by atoms with Crippen molar-refractivity contribution in [3.63, 3.8) is 0 Å². The van der Waals surface area contributed by atoms with Gasteiger partial charge in [-0.3, -0.25) is 13.9 Å². The van der Waals surface area contributed by atoms with Gasteiger partial charge in [0.2, 0.25) is 11.8 Å². The summed E-state index contributed by atoms with van der Waals surface area (Å²) in [5.41, 5.74) is 1.24. The Kier molecular flexibility index (Phi) is 10.5. The first kappa shape index (κ1) is 30.9. The molecule has 0 saturated heterocycles. The SMILES string of the molecule is COc1ccc(N(CC(=O)N(CCc2ccccc2)[C@H](C)C(=O)NC2CCCC2)S(=O)(=O)c2ccccc2)cc1OC. The molecule has 224 valence electrons. The normalized spacial score (nSPS) is 14.2. The Hall–Kier alpha value is -4.05. The third-order valence-corrected chi connectivity index (χ3v) is 9.41. The number of carbonyl (C=O) groups excluding carboxylic acids is 2. The lowest BCUT2D eigenvalue weighted by atomic mass is 10.1. The first-order valence-corrected chi connectivity index (χ1v) is 15.6. The van der Waals surface area contributed by atoms with Gasteiger partial charge in [-0.15, -0.1) is 0 Å². The average Bonchev–Trinajstić information content (AvgIpc) is 3.53. The number of carbonyl (C=O) groups is 2. The summed E-state index contributed by atoms with van der Waals surface area (Å²) < 4.78 is 39.7. The lowest BCUT2D eigenvalue weighted by Gasteiger charge is -2.32. The predicted octanol–water partition coefficient (Wildman–Crippen LogP) is 4.42. The fourth-order valence-electron chi connectivity index (χ4n) is 5.19. The molecule has 0 aromatic heterocycles. The molecule has 1 aliphatic carbocycles. The van der Waals surface area contributed by atoms with Crippen molar-refractivity contribution in [1.29, 1.82) is 0 Å². The van der Waals surface area contributed by atoms with E-state index in [0.29, 0.717) is 17.9 Å². The minimum absolute atomic E-state index is 0.0374. The second-order valence-corrected chi connectivity index (χ2v) is 12.2. The maximum absolute atomic E-state index is 14.1. The number of hydrogen-bond donors (Lipinski definition) is 1. The molecule has 10 heteroatoms. The van der Waals surface area contributed by atoms with Crippen LogP contribution >= 0.6 is 0 Å². The maximum Gasteiger partial charge on any atom is 0.264 e. The highest BCUT2D eigenvalue weighted by atomic mass is 32.2. The number of nitrogens with one attached hydrogen (secondary N) is 1. The summed E-state index contributed by atoms with van der Waals surface area (Å²) in [6, 6.07) is 21.6. The lowest BCUT2D eigenvalue weighted by molar-refractivity contribution is -0.139. The number of sulfonamides is 1. The molecule has 9 nitrogen and oxygen atoms in total. The molecular formula is C32H39N3O6S. The van der Waals surface area contributed by atoms with Crippen molar-refractivity contribution in [2.45, 2.75) is 56.0 Å². The van der Waals surface area contributed by atoms with Crippen LogP contribution in [0.1, 0.15) is 38.2 Å². The molecule has 0 unspecified atom stereocenters. The number of amides is 2. The van der Waals surface area contributed by atoms with Crippen LogP contribution in [0.2, 0.25) is 0 Å². The Morgan fingerprint density at radius 2 is 1.52 bits per heavy atom. The molecule has 2 amide bonds. The standard InChI is InChI=1S/C32H39N3O6S/c1-24(32(37)33-26-14-10-11-15-26)34(21-20-25-12-6-4-7-13-25)31(36)23-35(42(38,39)28-16-8-5-9-17-28)27-18-19-29(40-2)30(22-27)41-3/h4-9,12-13,16-19,22,24,26H,10-11,14-15,20-21,23H2,1-3H3,(H,33,37)/t24-/m1/s1. The van der Waals surface area contributed by atoms with Crippen molar-refractivity contribution in [2.24, 2.45) is 0 Å². The molecule has 1 saturated carbocycles. The smallest absolute Gasteiger partial charge is 0.264 e. The summed E-state index contributed by atoms with van der Waals surface area (Å²) in [5.74, 6) is 0.00784. The van der Waals surface area contributed by atoms with E-state index < -0.39 is 28.5 Å². The minimum Gasteiger partial charge on any atom is -0.493 e. The van der Waals surface area contributed by atoms with Crippen LogP contribution in [-0.4, -0.2) is 64.5 Å². The summed E-state index contributed by atoms with van der Waals surface area (Å²) in [6.07, 6.45) is 4.47. The fourth-order valence-corrected chi connectivity index (χ4v) is 6.62. The first-order valence-electron chi connectivity index (χ1n) is 14.2. The second kappa shape index (κ2) is 14.2. The van der Waals surface area contributed by atoms with Gasteiger partial charge < -0.3 is 19.7 Å². The molecular weight excluding hydrogens is 554 g/mol. The number of rotatable bonds is 13. The van der Waals surface area contributed by atoms with Gasteiger partial charge >= 0.3 is 0 Å². The molecule has 1 N–H and O–H groups in total. The minimum atomic E-state index is -4.17. The Labute approximate surface area is 248 Å². The summed E-state index contributed by atoms with van der Waals surface area (Å²) >= 11 is 0. The number of nitrogens with zero attached hydrogens (tertiary/aromatic N) is 2. The van der Waals surface area contributed by atoms with E-state index in [4.69, 9.17) is 9.47 Å². The second-order valence-electron chi connectivity index (χ2n) is 10.4. The highest BCUT2D eigenvalue weighted by Crippen LogP contribution is 2.34. The van der Waals surface area contributed by atoms with Gasteiger partial charge in [-0.25, -0.2) is 8.42 Å². The molecule has 0 heterocycles. The molecule has 1 fully saturated rings. The molecule has 1 aliphatic rings. The van der Waals surface area contributed by atoms with Gasteiger partial charge in [0.15, 0.2) is 11.5 Å².